The number of aliphatic hydroxyl groups is 1. The van der Waals surface area contributed by atoms with Crippen LogP contribution in [0.15, 0.2) is 17.1 Å². The van der Waals surface area contributed by atoms with Crippen molar-refractivity contribution in [2.75, 3.05) is 31.2 Å². The standard InChI is InChI=1S/C18H18F2N2O5/c19-13-5-11-15(14(20)16(13)21-3-4-27-10(6-21)8-23)22(9-1-2-9)7-12(17(11)24)18(25)26/h5,7,9-10,23H,1-4,6,8H2,(H,25,26). The number of carbonyl (C=O) groups is 1. The number of anilines is 1. The molecule has 2 N–H and O–H groups in total. The minimum absolute atomic E-state index is 0.0871. The monoisotopic (exact) mass is 380 g/mol. The van der Waals surface area contributed by atoms with Gasteiger partial charge in [-0.2, -0.15) is 0 Å². The van der Waals surface area contributed by atoms with Gasteiger partial charge in [-0.25, -0.2) is 13.6 Å². The minimum Gasteiger partial charge on any atom is -0.477 e. The van der Waals surface area contributed by atoms with E-state index in [4.69, 9.17) is 4.74 Å². The van der Waals surface area contributed by atoms with E-state index < -0.39 is 34.7 Å². The van der Waals surface area contributed by atoms with Crippen molar-refractivity contribution in [3.63, 3.8) is 0 Å². The van der Waals surface area contributed by atoms with Crippen LogP contribution in [0.25, 0.3) is 10.9 Å². The van der Waals surface area contributed by atoms with Crippen LogP contribution in [0.5, 0.6) is 0 Å². The Hall–Kier alpha value is -2.52. The fourth-order valence-corrected chi connectivity index (χ4v) is 3.55. The molecule has 144 valence electrons. The average Bonchev–Trinajstić information content (AvgIpc) is 3.47. The number of nitrogens with zero attached hydrogens (tertiary/aromatic N) is 2. The number of hydrogen-bond acceptors (Lipinski definition) is 5. The van der Waals surface area contributed by atoms with Crippen LogP contribution in [0.3, 0.4) is 0 Å². The molecule has 27 heavy (non-hydrogen) atoms. The highest BCUT2D eigenvalue weighted by molar-refractivity contribution is 5.94. The lowest BCUT2D eigenvalue weighted by atomic mass is 10.1. The summed E-state index contributed by atoms with van der Waals surface area (Å²) in [6.07, 6.45) is 2.04. The molecule has 7 nitrogen and oxygen atoms in total. The number of pyridine rings is 1. The molecule has 1 aliphatic heterocycles. The highest BCUT2D eigenvalue weighted by Crippen LogP contribution is 2.39. The molecule has 2 fully saturated rings. The number of hydrogen-bond donors (Lipinski definition) is 2. The second-order valence-corrected chi connectivity index (χ2v) is 6.85. The summed E-state index contributed by atoms with van der Waals surface area (Å²) in [7, 11) is 0. The molecular weight excluding hydrogens is 362 g/mol. The molecule has 1 aromatic carbocycles. The molecule has 0 radical (unpaired) electrons. The van der Waals surface area contributed by atoms with Crippen LogP contribution in [-0.4, -0.2) is 53.2 Å². The highest BCUT2D eigenvalue weighted by Gasteiger charge is 2.32. The Morgan fingerprint density at radius 2 is 2.07 bits per heavy atom. The van der Waals surface area contributed by atoms with E-state index in [2.05, 4.69) is 0 Å². The zero-order valence-electron chi connectivity index (χ0n) is 14.3. The number of aromatic nitrogens is 1. The third-order valence-electron chi connectivity index (χ3n) is 5.01. The largest absolute Gasteiger partial charge is 0.477 e. The quantitative estimate of drug-likeness (QED) is 0.836. The van der Waals surface area contributed by atoms with Gasteiger partial charge >= 0.3 is 5.97 Å². The van der Waals surface area contributed by atoms with Gasteiger partial charge in [-0.15, -0.1) is 0 Å². The Morgan fingerprint density at radius 3 is 2.70 bits per heavy atom. The number of fused-ring (bicyclic) bond motifs is 1. The molecule has 1 unspecified atom stereocenters. The first-order valence-corrected chi connectivity index (χ1v) is 8.70. The molecule has 0 amide bonds. The van der Waals surface area contributed by atoms with Crippen molar-refractivity contribution in [1.82, 2.24) is 4.57 Å². The van der Waals surface area contributed by atoms with Crippen molar-refractivity contribution < 1.29 is 28.5 Å². The van der Waals surface area contributed by atoms with E-state index in [0.717, 1.165) is 25.1 Å². The van der Waals surface area contributed by atoms with E-state index in [1.165, 1.54) is 9.47 Å². The summed E-state index contributed by atoms with van der Waals surface area (Å²) in [5, 5.41) is 18.2. The maximum Gasteiger partial charge on any atom is 0.341 e. The molecule has 1 aromatic heterocycles. The van der Waals surface area contributed by atoms with Gasteiger partial charge in [0.1, 0.15) is 17.1 Å². The molecule has 1 aliphatic carbocycles. The molecule has 9 heteroatoms. The zero-order valence-corrected chi connectivity index (χ0v) is 14.3. The first-order chi connectivity index (χ1) is 12.9. The van der Waals surface area contributed by atoms with Gasteiger partial charge < -0.3 is 24.4 Å². The maximum absolute atomic E-state index is 15.4. The molecule has 1 saturated heterocycles. The number of rotatable bonds is 4. The number of ether oxygens (including phenoxy) is 1. The third-order valence-corrected chi connectivity index (χ3v) is 5.01. The first kappa shape index (κ1) is 17.9. The number of carboxylic acid groups (broad SMARTS) is 1. The third kappa shape index (κ3) is 2.96. The maximum atomic E-state index is 15.4. The second kappa shape index (κ2) is 6.58. The molecule has 0 spiro atoms. The second-order valence-electron chi connectivity index (χ2n) is 6.85. The molecule has 0 bridgehead atoms. The molecule has 2 heterocycles. The average molecular weight is 380 g/mol. The highest BCUT2D eigenvalue weighted by atomic mass is 19.1. The molecular formula is C18H18F2N2O5. The molecule has 1 saturated carbocycles. The Balaban J connectivity index is 1.95. The summed E-state index contributed by atoms with van der Waals surface area (Å²) >= 11 is 0. The molecule has 1 atom stereocenters. The topological polar surface area (TPSA) is 92.0 Å². The van der Waals surface area contributed by atoms with Gasteiger partial charge in [-0.3, -0.25) is 4.79 Å². The van der Waals surface area contributed by atoms with Crippen molar-refractivity contribution in [2.24, 2.45) is 0 Å². The van der Waals surface area contributed by atoms with Crippen LogP contribution in [0, 0.1) is 11.6 Å². The normalized spacial score (nSPS) is 20.3. The SMILES string of the molecule is O=C(O)c1cn(C2CC2)c2c(F)c(N3CCOC(CO)C3)c(F)cc2c1=O. The number of aromatic carboxylic acids is 1. The van der Waals surface area contributed by atoms with Gasteiger partial charge in [0, 0.05) is 25.3 Å². The number of aliphatic hydroxyl groups excluding tert-OH is 1. The van der Waals surface area contributed by atoms with Crippen molar-refractivity contribution in [3.05, 3.63) is 39.7 Å². The Kier molecular flexibility index (Phi) is 4.35. The van der Waals surface area contributed by atoms with Gasteiger partial charge in [-0.1, -0.05) is 0 Å². The van der Waals surface area contributed by atoms with E-state index >= 15 is 4.39 Å². The van der Waals surface area contributed by atoms with Gasteiger partial charge in [0.05, 0.1) is 30.2 Å². The smallest absolute Gasteiger partial charge is 0.341 e. The lowest BCUT2D eigenvalue weighted by molar-refractivity contribution is 0.00324. The summed E-state index contributed by atoms with van der Waals surface area (Å²) in [6, 6.07) is 0.791. The summed E-state index contributed by atoms with van der Waals surface area (Å²) in [5.74, 6) is -3.27. The summed E-state index contributed by atoms with van der Waals surface area (Å²) in [4.78, 5) is 25.3. The van der Waals surface area contributed by atoms with Gasteiger partial charge in [-0.05, 0) is 18.9 Å². The lowest BCUT2D eigenvalue weighted by Gasteiger charge is -2.34. The van der Waals surface area contributed by atoms with Crippen molar-refractivity contribution in [1.29, 1.82) is 0 Å². The fourth-order valence-electron chi connectivity index (χ4n) is 3.55. The van der Waals surface area contributed by atoms with Gasteiger partial charge in [0.15, 0.2) is 5.82 Å². The number of carboxylic acids is 1. The van der Waals surface area contributed by atoms with Crippen LogP contribution in [0.1, 0.15) is 29.2 Å². The molecule has 4 rings (SSSR count). The Bertz CT molecular complexity index is 986. The Labute approximate surface area is 152 Å². The van der Waals surface area contributed by atoms with Crippen LogP contribution >= 0.6 is 0 Å². The van der Waals surface area contributed by atoms with Crippen LogP contribution in [-0.2, 0) is 4.74 Å². The predicted octanol–water partition coefficient (Wildman–Crippen LogP) is 1.51. The van der Waals surface area contributed by atoms with Gasteiger partial charge in [0.2, 0.25) is 5.43 Å². The van der Waals surface area contributed by atoms with E-state index in [-0.39, 0.29) is 48.9 Å². The van der Waals surface area contributed by atoms with Crippen molar-refractivity contribution >= 4 is 22.6 Å². The predicted molar refractivity (Wildman–Crippen MR) is 92.4 cm³/mol. The summed E-state index contributed by atoms with van der Waals surface area (Å²) in [6.45, 7) is 0.269. The van der Waals surface area contributed by atoms with Crippen LogP contribution < -0.4 is 10.3 Å². The fraction of sp³-hybridized carbons (Fsp3) is 0.444. The van der Waals surface area contributed by atoms with Crippen molar-refractivity contribution in [2.45, 2.75) is 25.0 Å². The summed E-state index contributed by atoms with van der Waals surface area (Å²) in [5.41, 5.74) is -1.79. The number of morpholine rings is 1. The van der Waals surface area contributed by atoms with E-state index in [0.29, 0.717) is 0 Å². The molecule has 2 aliphatic rings. The van der Waals surface area contributed by atoms with Crippen LogP contribution in [0.2, 0.25) is 0 Å². The van der Waals surface area contributed by atoms with E-state index in [1.54, 1.807) is 0 Å². The molecule has 2 aromatic rings. The van der Waals surface area contributed by atoms with Crippen molar-refractivity contribution in [3.8, 4) is 0 Å². The van der Waals surface area contributed by atoms with Crippen LogP contribution in [0.4, 0.5) is 14.5 Å². The van der Waals surface area contributed by atoms with Gasteiger partial charge in [0.25, 0.3) is 0 Å². The number of halogens is 2. The minimum atomic E-state index is -1.43. The first-order valence-electron chi connectivity index (χ1n) is 8.70. The zero-order chi connectivity index (χ0) is 19.3. The van der Waals surface area contributed by atoms with E-state index in [1.807, 2.05) is 0 Å². The Morgan fingerprint density at radius 1 is 1.33 bits per heavy atom. The number of benzene rings is 1. The summed E-state index contributed by atoms with van der Waals surface area (Å²) < 4.78 is 36.9. The lowest BCUT2D eigenvalue weighted by Crippen LogP contribution is -2.45. The van der Waals surface area contributed by atoms with E-state index in [9.17, 15) is 24.2 Å².